The topological polar surface area (TPSA) is 34.1 Å². The fraction of sp³-hybridized carbons (Fsp3) is 0.333. The molecule has 1 aromatic rings. The maximum absolute atomic E-state index is 11.8. The van der Waals surface area contributed by atoms with Gasteiger partial charge in [-0.1, -0.05) is 30.3 Å². The first-order valence-electron chi connectivity index (χ1n) is 5.00. The first-order valence-corrected chi connectivity index (χ1v) is 5.00. The molecule has 0 spiro atoms. The third-order valence-electron chi connectivity index (χ3n) is 2.17. The lowest BCUT2D eigenvalue weighted by atomic mass is 10.0. The predicted octanol–water partition coefficient (Wildman–Crippen LogP) is 2.87. The number of ketones is 2. The molecule has 0 atom stereocenters. The van der Waals surface area contributed by atoms with Gasteiger partial charge in [-0.05, 0) is 6.42 Å². The van der Waals surface area contributed by atoms with Crippen LogP contribution in [-0.4, -0.2) is 18.0 Å². The van der Waals surface area contributed by atoms with Crippen LogP contribution in [0.25, 0.3) is 0 Å². The van der Waals surface area contributed by atoms with Gasteiger partial charge in [0.05, 0.1) is 0 Å². The van der Waals surface area contributed by atoms with Crippen molar-refractivity contribution < 1.29 is 18.4 Å². The van der Waals surface area contributed by atoms with Gasteiger partial charge in [0, 0.05) is 18.4 Å². The fourth-order valence-corrected chi connectivity index (χ4v) is 1.30. The fourth-order valence-electron chi connectivity index (χ4n) is 1.30. The summed E-state index contributed by atoms with van der Waals surface area (Å²) in [4.78, 5) is 22.1. The second kappa shape index (κ2) is 6.10. The Balaban J connectivity index is 2.34. The van der Waals surface area contributed by atoms with Crippen molar-refractivity contribution in [3.63, 3.8) is 0 Å². The zero-order chi connectivity index (χ0) is 12.0. The molecular formula is C12H12F2O2. The molecule has 86 valence electrons. The minimum Gasteiger partial charge on any atom is -0.294 e. The van der Waals surface area contributed by atoms with Crippen LogP contribution in [0.3, 0.4) is 0 Å². The SMILES string of the molecule is O=C(CCCC(=O)C(F)F)c1ccccc1. The van der Waals surface area contributed by atoms with Crippen LogP contribution in [0.15, 0.2) is 30.3 Å². The quantitative estimate of drug-likeness (QED) is 0.699. The molecule has 0 aliphatic carbocycles. The van der Waals surface area contributed by atoms with Crippen molar-refractivity contribution in [1.82, 2.24) is 0 Å². The zero-order valence-corrected chi connectivity index (χ0v) is 8.66. The Bertz CT molecular complexity index is 361. The van der Waals surface area contributed by atoms with Gasteiger partial charge in [0.25, 0.3) is 6.43 Å². The van der Waals surface area contributed by atoms with Crippen molar-refractivity contribution in [3.8, 4) is 0 Å². The summed E-state index contributed by atoms with van der Waals surface area (Å²) in [5.74, 6) is -1.22. The second-order valence-electron chi connectivity index (χ2n) is 3.41. The molecule has 0 aliphatic heterocycles. The summed E-state index contributed by atoms with van der Waals surface area (Å²) in [6.07, 6.45) is -2.86. The smallest absolute Gasteiger partial charge is 0.294 e. The highest BCUT2D eigenvalue weighted by Crippen LogP contribution is 2.08. The van der Waals surface area contributed by atoms with Crippen LogP contribution in [-0.2, 0) is 4.79 Å². The van der Waals surface area contributed by atoms with Crippen molar-refractivity contribution in [2.24, 2.45) is 0 Å². The number of rotatable bonds is 6. The van der Waals surface area contributed by atoms with Crippen LogP contribution in [0.4, 0.5) is 8.78 Å². The lowest BCUT2D eigenvalue weighted by Crippen LogP contribution is -2.10. The highest BCUT2D eigenvalue weighted by Gasteiger charge is 2.15. The third-order valence-corrected chi connectivity index (χ3v) is 2.17. The minimum absolute atomic E-state index is 0.123. The van der Waals surface area contributed by atoms with E-state index in [-0.39, 0.29) is 25.0 Å². The van der Waals surface area contributed by atoms with E-state index < -0.39 is 12.2 Å². The van der Waals surface area contributed by atoms with E-state index in [4.69, 9.17) is 0 Å². The minimum atomic E-state index is -2.92. The lowest BCUT2D eigenvalue weighted by molar-refractivity contribution is -0.129. The van der Waals surface area contributed by atoms with Gasteiger partial charge in [0.1, 0.15) is 0 Å². The summed E-state index contributed by atoms with van der Waals surface area (Å²) in [5, 5.41) is 0. The maximum atomic E-state index is 11.8. The molecular weight excluding hydrogens is 214 g/mol. The number of Topliss-reactive ketones (excluding diaryl/α,β-unsaturated/α-hetero) is 2. The molecule has 0 fully saturated rings. The highest BCUT2D eigenvalue weighted by molar-refractivity contribution is 5.96. The first-order chi connectivity index (χ1) is 7.61. The standard InChI is InChI=1S/C12H12F2O2/c13-12(14)11(16)8-4-7-10(15)9-5-2-1-3-6-9/h1-3,5-6,12H,4,7-8H2. The van der Waals surface area contributed by atoms with E-state index in [2.05, 4.69) is 0 Å². The summed E-state index contributed by atoms with van der Waals surface area (Å²) in [6.45, 7) is 0. The molecule has 0 radical (unpaired) electrons. The van der Waals surface area contributed by atoms with Crippen LogP contribution in [0.5, 0.6) is 0 Å². The molecule has 0 aromatic heterocycles. The monoisotopic (exact) mass is 226 g/mol. The summed E-state index contributed by atoms with van der Waals surface area (Å²) in [7, 11) is 0. The molecule has 0 heterocycles. The highest BCUT2D eigenvalue weighted by atomic mass is 19.3. The lowest BCUT2D eigenvalue weighted by Gasteiger charge is -2.00. The Morgan fingerprint density at radius 3 is 2.25 bits per heavy atom. The van der Waals surface area contributed by atoms with Gasteiger partial charge >= 0.3 is 0 Å². The van der Waals surface area contributed by atoms with Gasteiger partial charge in [-0.2, -0.15) is 0 Å². The maximum Gasteiger partial charge on any atom is 0.295 e. The second-order valence-corrected chi connectivity index (χ2v) is 3.41. The Morgan fingerprint density at radius 2 is 1.69 bits per heavy atom. The van der Waals surface area contributed by atoms with Gasteiger partial charge in [-0.15, -0.1) is 0 Å². The molecule has 0 saturated carbocycles. The van der Waals surface area contributed by atoms with Crippen molar-refractivity contribution in [2.45, 2.75) is 25.7 Å². The van der Waals surface area contributed by atoms with Crippen LogP contribution in [0.1, 0.15) is 29.6 Å². The van der Waals surface area contributed by atoms with E-state index in [9.17, 15) is 18.4 Å². The van der Waals surface area contributed by atoms with E-state index in [0.717, 1.165) is 0 Å². The van der Waals surface area contributed by atoms with Crippen molar-refractivity contribution in [3.05, 3.63) is 35.9 Å². The molecule has 0 saturated heterocycles. The molecule has 0 bridgehead atoms. The van der Waals surface area contributed by atoms with E-state index >= 15 is 0 Å². The number of alkyl halides is 2. The normalized spacial score (nSPS) is 10.4. The average molecular weight is 226 g/mol. The Morgan fingerprint density at radius 1 is 1.06 bits per heavy atom. The summed E-state index contributed by atoms with van der Waals surface area (Å²) in [5.41, 5.74) is 0.548. The van der Waals surface area contributed by atoms with E-state index in [1.54, 1.807) is 30.3 Å². The van der Waals surface area contributed by atoms with Gasteiger partial charge in [-0.25, -0.2) is 8.78 Å². The molecule has 0 aliphatic rings. The van der Waals surface area contributed by atoms with Crippen molar-refractivity contribution in [2.75, 3.05) is 0 Å². The predicted molar refractivity (Wildman–Crippen MR) is 55.6 cm³/mol. The Kier molecular flexibility index (Phi) is 4.76. The van der Waals surface area contributed by atoms with Crippen LogP contribution in [0, 0.1) is 0 Å². The van der Waals surface area contributed by atoms with E-state index in [1.807, 2.05) is 0 Å². The zero-order valence-electron chi connectivity index (χ0n) is 8.66. The van der Waals surface area contributed by atoms with Gasteiger partial charge in [-0.3, -0.25) is 9.59 Å². The third kappa shape index (κ3) is 3.88. The Labute approximate surface area is 92.3 Å². The van der Waals surface area contributed by atoms with Crippen LogP contribution >= 0.6 is 0 Å². The molecule has 0 unspecified atom stereocenters. The largest absolute Gasteiger partial charge is 0.295 e. The van der Waals surface area contributed by atoms with Gasteiger partial charge < -0.3 is 0 Å². The number of hydrogen-bond donors (Lipinski definition) is 0. The Hall–Kier alpha value is -1.58. The van der Waals surface area contributed by atoms with Crippen molar-refractivity contribution >= 4 is 11.6 Å². The van der Waals surface area contributed by atoms with Crippen LogP contribution < -0.4 is 0 Å². The van der Waals surface area contributed by atoms with E-state index in [1.165, 1.54) is 0 Å². The first kappa shape index (κ1) is 12.5. The average Bonchev–Trinajstić information content (AvgIpc) is 2.29. The van der Waals surface area contributed by atoms with Crippen LogP contribution in [0.2, 0.25) is 0 Å². The number of carbonyl (C=O) groups is 2. The molecule has 2 nitrogen and oxygen atoms in total. The number of hydrogen-bond acceptors (Lipinski definition) is 2. The molecule has 0 amide bonds. The van der Waals surface area contributed by atoms with Crippen molar-refractivity contribution in [1.29, 1.82) is 0 Å². The number of halogens is 2. The van der Waals surface area contributed by atoms with E-state index in [0.29, 0.717) is 5.56 Å². The summed E-state index contributed by atoms with van der Waals surface area (Å²) in [6, 6.07) is 8.58. The number of benzene rings is 1. The van der Waals surface area contributed by atoms with Gasteiger partial charge in [0.2, 0.25) is 0 Å². The summed E-state index contributed by atoms with van der Waals surface area (Å²) >= 11 is 0. The molecule has 4 heteroatoms. The molecule has 1 rings (SSSR count). The number of carbonyl (C=O) groups excluding carboxylic acids is 2. The summed E-state index contributed by atoms with van der Waals surface area (Å²) < 4.78 is 23.7. The van der Waals surface area contributed by atoms with Gasteiger partial charge in [0.15, 0.2) is 11.6 Å². The molecule has 16 heavy (non-hydrogen) atoms. The molecule has 1 aromatic carbocycles. The molecule has 0 N–H and O–H groups in total.